The van der Waals surface area contributed by atoms with Gasteiger partial charge in [0, 0.05) is 31.0 Å². The number of hydrogen-bond donors (Lipinski definition) is 1. The number of carbonyl (C=O) groups excluding carboxylic acids is 1. The van der Waals surface area contributed by atoms with E-state index in [1.54, 1.807) is 4.90 Å². The van der Waals surface area contributed by atoms with Gasteiger partial charge in [-0.15, -0.1) is 0 Å². The van der Waals surface area contributed by atoms with Gasteiger partial charge in [-0.25, -0.2) is 0 Å². The first-order valence-corrected chi connectivity index (χ1v) is 7.27. The van der Waals surface area contributed by atoms with E-state index in [-0.39, 0.29) is 22.9 Å². The number of nitrogens with one attached hydrogen (secondary N) is 1. The number of rotatable bonds is 2. The summed E-state index contributed by atoms with van der Waals surface area (Å²) < 4.78 is 0. The molecule has 0 bridgehead atoms. The van der Waals surface area contributed by atoms with Gasteiger partial charge in [-0.3, -0.25) is 9.59 Å². The fraction of sp³-hybridized carbons (Fsp3) is 0.625. The van der Waals surface area contributed by atoms with E-state index in [4.69, 9.17) is 0 Å². The molecule has 1 amide bonds. The zero-order valence-corrected chi connectivity index (χ0v) is 12.8. The van der Waals surface area contributed by atoms with Gasteiger partial charge >= 0.3 is 0 Å². The average Bonchev–Trinajstić information content (AvgIpc) is 2.37. The minimum atomic E-state index is -0.200. The van der Waals surface area contributed by atoms with E-state index in [2.05, 4.69) is 18.8 Å². The molecular weight excluding hydrogens is 252 g/mol. The van der Waals surface area contributed by atoms with Gasteiger partial charge in [0.25, 0.3) is 5.91 Å². The second-order valence-electron chi connectivity index (χ2n) is 6.71. The van der Waals surface area contributed by atoms with Crippen LogP contribution in [0, 0.1) is 12.3 Å². The molecule has 4 nitrogen and oxygen atoms in total. The number of H-pyrrole nitrogens is 1. The molecule has 20 heavy (non-hydrogen) atoms. The van der Waals surface area contributed by atoms with Crippen molar-refractivity contribution in [3.63, 3.8) is 0 Å². The van der Waals surface area contributed by atoms with Crippen LogP contribution in [0.15, 0.2) is 17.1 Å². The molecular formula is C16H24N2O2. The minimum Gasteiger partial charge on any atom is -0.364 e. The molecule has 0 aromatic carbocycles. The Hall–Kier alpha value is -1.58. The second kappa shape index (κ2) is 5.43. The van der Waals surface area contributed by atoms with Crippen LogP contribution in [-0.2, 0) is 0 Å². The summed E-state index contributed by atoms with van der Waals surface area (Å²) in [6, 6.07) is 1.72. The maximum absolute atomic E-state index is 12.4. The van der Waals surface area contributed by atoms with E-state index < -0.39 is 0 Å². The van der Waals surface area contributed by atoms with Crippen molar-refractivity contribution in [1.82, 2.24) is 9.88 Å². The van der Waals surface area contributed by atoms with Gasteiger partial charge in [0.15, 0.2) is 5.43 Å². The third-order valence-corrected chi connectivity index (χ3v) is 4.46. The third-order valence-electron chi connectivity index (χ3n) is 4.46. The molecule has 1 aromatic heterocycles. The van der Waals surface area contributed by atoms with Crippen LogP contribution in [0.4, 0.5) is 0 Å². The highest BCUT2D eigenvalue weighted by Gasteiger charge is 2.31. The fourth-order valence-electron chi connectivity index (χ4n) is 2.87. The molecule has 1 aliphatic carbocycles. The Bertz CT molecular complexity index is 550. The highest BCUT2D eigenvalue weighted by atomic mass is 16.2. The van der Waals surface area contributed by atoms with Crippen LogP contribution >= 0.6 is 0 Å². The summed E-state index contributed by atoms with van der Waals surface area (Å²) in [5, 5.41) is 0. The Balaban J connectivity index is 2.11. The molecule has 1 aromatic rings. The first kappa shape index (κ1) is 14.8. The smallest absolute Gasteiger partial charge is 0.259 e. The molecule has 0 spiro atoms. The summed E-state index contributed by atoms with van der Waals surface area (Å²) in [7, 11) is 1.81. The van der Waals surface area contributed by atoms with Gasteiger partial charge in [0.1, 0.15) is 5.56 Å². The van der Waals surface area contributed by atoms with E-state index in [9.17, 15) is 9.59 Å². The predicted molar refractivity (Wildman–Crippen MR) is 79.9 cm³/mol. The number of amides is 1. The van der Waals surface area contributed by atoms with Crippen LogP contribution in [0.1, 0.15) is 55.6 Å². The Morgan fingerprint density at radius 1 is 1.35 bits per heavy atom. The van der Waals surface area contributed by atoms with Gasteiger partial charge in [-0.1, -0.05) is 13.8 Å². The largest absolute Gasteiger partial charge is 0.364 e. The minimum absolute atomic E-state index is 0.170. The number of carbonyl (C=O) groups is 1. The van der Waals surface area contributed by atoms with Gasteiger partial charge in [-0.05, 0) is 38.0 Å². The van der Waals surface area contributed by atoms with Crippen LogP contribution in [0.5, 0.6) is 0 Å². The van der Waals surface area contributed by atoms with E-state index in [0.29, 0.717) is 5.41 Å². The Labute approximate surface area is 120 Å². The highest BCUT2D eigenvalue weighted by Crippen LogP contribution is 2.36. The van der Waals surface area contributed by atoms with E-state index in [0.717, 1.165) is 31.4 Å². The highest BCUT2D eigenvalue weighted by molar-refractivity contribution is 5.93. The summed E-state index contributed by atoms with van der Waals surface area (Å²) in [6.07, 6.45) is 5.81. The maximum Gasteiger partial charge on any atom is 0.259 e. The van der Waals surface area contributed by atoms with Crippen molar-refractivity contribution in [3.8, 4) is 0 Å². The Morgan fingerprint density at radius 2 is 1.95 bits per heavy atom. The van der Waals surface area contributed by atoms with Gasteiger partial charge in [-0.2, -0.15) is 0 Å². The number of nitrogens with zero attached hydrogens (tertiary/aromatic N) is 1. The zero-order chi connectivity index (χ0) is 14.9. The van der Waals surface area contributed by atoms with Crippen LogP contribution in [0.25, 0.3) is 0 Å². The molecule has 1 saturated carbocycles. The number of aryl methyl sites for hydroxylation is 1. The quantitative estimate of drug-likeness (QED) is 0.903. The molecule has 1 heterocycles. The SMILES string of the molecule is Cc1cc(=O)c(C(=O)N(C)C2CCC(C)(C)CC2)c[nH]1. The summed E-state index contributed by atoms with van der Waals surface area (Å²) in [4.78, 5) is 29.0. The first-order chi connectivity index (χ1) is 9.30. The molecule has 0 atom stereocenters. The summed E-state index contributed by atoms with van der Waals surface area (Å²) in [6.45, 7) is 6.36. The molecule has 0 radical (unpaired) electrons. The number of hydrogen-bond acceptors (Lipinski definition) is 2. The Kier molecular flexibility index (Phi) is 4.02. The molecule has 1 N–H and O–H groups in total. The topological polar surface area (TPSA) is 53.2 Å². The summed E-state index contributed by atoms with van der Waals surface area (Å²) in [5.41, 5.74) is 1.19. The molecule has 1 fully saturated rings. The average molecular weight is 276 g/mol. The first-order valence-electron chi connectivity index (χ1n) is 7.27. The van der Waals surface area contributed by atoms with Gasteiger partial charge in [0.05, 0.1) is 0 Å². The molecule has 1 aliphatic rings. The molecule has 0 saturated heterocycles. The monoisotopic (exact) mass is 276 g/mol. The van der Waals surface area contributed by atoms with Crippen LogP contribution in [0.2, 0.25) is 0 Å². The van der Waals surface area contributed by atoms with Crippen molar-refractivity contribution < 1.29 is 4.79 Å². The lowest BCUT2D eigenvalue weighted by molar-refractivity contribution is 0.0633. The second-order valence-corrected chi connectivity index (χ2v) is 6.71. The lowest BCUT2D eigenvalue weighted by atomic mass is 9.75. The van der Waals surface area contributed by atoms with E-state index in [1.807, 2.05) is 14.0 Å². The molecule has 0 unspecified atom stereocenters. The maximum atomic E-state index is 12.4. The van der Waals surface area contributed by atoms with Crippen molar-refractivity contribution in [2.45, 2.75) is 52.5 Å². The number of aromatic nitrogens is 1. The number of pyridine rings is 1. The molecule has 110 valence electrons. The van der Waals surface area contributed by atoms with Gasteiger partial charge < -0.3 is 9.88 Å². The summed E-state index contributed by atoms with van der Waals surface area (Å²) >= 11 is 0. The van der Waals surface area contributed by atoms with Crippen molar-refractivity contribution in [2.75, 3.05) is 7.05 Å². The van der Waals surface area contributed by atoms with Crippen LogP contribution in [-0.4, -0.2) is 28.9 Å². The van der Waals surface area contributed by atoms with E-state index in [1.165, 1.54) is 12.3 Å². The molecule has 2 rings (SSSR count). The zero-order valence-electron chi connectivity index (χ0n) is 12.8. The lowest BCUT2D eigenvalue weighted by Crippen LogP contribution is -2.42. The molecule has 0 aliphatic heterocycles. The fourth-order valence-corrected chi connectivity index (χ4v) is 2.87. The van der Waals surface area contributed by atoms with Crippen LogP contribution in [0.3, 0.4) is 0 Å². The lowest BCUT2D eigenvalue weighted by Gasteiger charge is -2.38. The van der Waals surface area contributed by atoms with Crippen molar-refractivity contribution in [3.05, 3.63) is 33.7 Å². The predicted octanol–water partition coefficient (Wildman–Crippen LogP) is 2.72. The van der Waals surface area contributed by atoms with E-state index >= 15 is 0 Å². The van der Waals surface area contributed by atoms with Crippen molar-refractivity contribution >= 4 is 5.91 Å². The third kappa shape index (κ3) is 3.11. The molecule has 4 heteroatoms. The van der Waals surface area contributed by atoms with Crippen molar-refractivity contribution in [1.29, 1.82) is 0 Å². The summed E-state index contributed by atoms with van der Waals surface area (Å²) in [5.74, 6) is -0.170. The number of aromatic amines is 1. The van der Waals surface area contributed by atoms with Crippen LogP contribution < -0.4 is 5.43 Å². The normalized spacial score (nSPS) is 18.8. The van der Waals surface area contributed by atoms with Gasteiger partial charge in [0.2, 0.25) is 0 Å². The van der Waals surface area contributed by atoms with Crippen molar-refractivity contribution in [2.24, 2.45) is 5.41 Å². The Morgan fingerprint density at radius 3 is 2.50 bits per heavy atom. The standard InChI is InChI=1S/C16H24N2O2/c1-11-9-14(19)13(10-17-11)15(20)18(4)12-5-7-16(2,3)8-6-12/h9-10,12H,5-8H2,1-4H3,(H,17,19).